The largest absolute Gasteiger partial charge is 0.462 e. The van der Waals surface area contributed by atoms with E-state index in [0.29, 0.717) is 29.1 Å². The van der Waals surface area contributed by atoms with Crippen LogP contribution >= 0.6 is 23.1 Å². The molecule has 0 saturated heterocycles. The molecule has 1 heterocycles. The molecule has 1 aromatic heterocycles. The summed E-state index contributed by atoms with van der Waals surface area (Å²) in [5.74, 6) is -1.48. The first-order valence-corrected chi connectivity index (χ1v) is 15.9. The van der Waals surface area contributed by atoms with Crippen LogP contribution in [-0.2, 0) is 14.3 Å². The number of unbranched alkanes of at least 4 members (excludes halogenated alkanes) is 1. The molecule has 0 bridgehead atoms. The van der Waals surface area contributed by atoms with Crippen LogP contribution in [0.4, 0.5) is 11.4 Å². The molecule has 0 aliphatic rings. The number of rotatable bonds is 13. The third-order valence-corrected chi connectivity index (χ3v) is 8.16. The highest BCUT2D eigenvalue weighted by Crippen LogP contribution is 2.27. The van der Waals surface area contributed by atoms with Gasteiger partial charge in [-0.15, -0.1) is 23.1 Å². The Bertz CT molecular complexity index is 1600. The van der Waals surface area contributed by atoms with E-state index in [9.17, 15) is 19.2 Å². The van der Waals surface area contributed by atoms with Crippen molar-refractivity contribution >= 4 is 64.2 Å². The smallest absolute Gasteiger partial charge is 0.338 e. The molecule has 3 aromatic carbocycles. The third-order valence-electron chi connectivity index (χ3n) is 6.25. The number of benzene rings is 3. The molecule has 0 saturated carbocycles. The number of hydrogen-bond acceptors (Lipinski definition) is 7. The van der Waals surface area contributed by atoms with E-state index in [-0.39, 0.29) is 17.6 Å². The number of thioether (sulfide) groups is 1. The van der Waals surface area contributed by atoms with Crippen molar-refractivity contribution in [2.75, 3.05) is 17.2 Å². The van der Waals surface area contributed by atoms with Crippen molar-refractivity contribution in [3.8, 4) is 0 Å². The van der Waals surface area contributed by atoms with Crippen LogP contribution in [0.5, 0.6) is 0 Å². The van der Waals surface area contributed by atoms with Gasteiger partial charge in [-0.1, -0.05) is 43.7 Å². The van der Waals surface area contributed by atoms with Crippen molar-refractivity contribution < 1.29 is 23.9 Å². The van der Waals surface area contributed by atoms with E-state index < -0.39 is 17.1 Å². The average molecular weight is 628 g/mol. The van der Waals surface area contributed by atoms with Crippen molar-refractivity contribution in [3.05, 3.63) is 118 Å². The summed E-state index contributed by atoms with van der Waals surface area (Å²) in [6.07, 6.45) is 3.38. The van der Waals surface area contributed by atoms with Crippen LogP contribution in [0.3, 0.4) is 0 Å². The van der Waals surface area contributed by atoms with Crippen molar-refractivity contribution in [1.29, 1.82) is 0 Å². The number of nitrogens with one attached hydrogen (secondary N) is 3. The SMILES string of the molecule is CCCCOC(=O)c1ccc(NC(=O)C(C)Sc2cccc(NC(=O)/C(=C/c3cccs3)NC(=O)c3ccccc3)c2)cc1. The summed E-state index contributed by atoms with van der Waals surface area (Å²) >= 11 is 2.78. The Balaban J connectivity index is 1.37. The number of esters is 1. The molecule has 0 fully saturated rings. The number of carbonyl (C=O) groups excluding carboxylic acids is 4. The highest BCUT2D eigenvalue weighted by Gasteiger charge is 2.18. The molecule has 0 radical (unpaired) electrons. The van der Waals surface area contributed by atoms with Gasteiger partial charge in [0.15, 0.2) is 0 Å². The lowest BCUT2D eigenvalue weighted by Crippen LogP contribution is -2.30. The minimum atomic E-state index is -0.478. The molecule has 3 N–H and O–H groups in total. The fraction of sp³-hybridized carbons (Fsp3) is 0.176. The first kappa shape index (κ1) is 32.2. The van der Waals surface area contributed by atoms with Crippen LogP contribution in [0.25, 0.3) is 6.08 Å². The molecule has 1 unspecified atom stereocenters. The van der Waals surface area contributed by atoms with Gasteiger partial charge in [-0.3, -0.25) is 14.4 Å². The fourth-order valence-electron chi connectivity index (χ4n) is 3.89. The summed E-state index contributed by atoms with van der Waals surface area (Å²) in [7, 11) is 0. The van der Waals surface area contributed by atoms with Gasteiger partial charge in [0, 0.05) is 26.7 Å². The summed E-state index contributed by atoms with van der Waals surface area (Å²) in [6.45, 7) is 4.19. The van der Waals surface area contributed by atoms with Crippen LogP contribution < -0.4 is 16.0 Å². The number of anilines is 2. The van der Waals surface area contributed by atoms with E-state index in [2.05, 4.69) is 16.0 Å². The highest BCUT2D eigenvalue weighted by atomic mass is 32.2. The summed E-state index contributed by atoms with van der Waals surface area (Å²) in [6, 6.07) is 26.1. The molecule has 3 amide bonds. The number of carbonyl (C=O) groups is 4. The van der Waals surface area contributed by atoms with E-state index >= 15 is 0 Å². The van der Waals surface area contributed by atoms with Gasteiger partial charge in [0.1, 0.15) is 5.70 Å². The van der Waals surface area contributed by atoms with Crippen molar-refractivity contribution in [2.24, 2.45) is 0 Å². The maximum absolute atomic E-state index is 13.3. The van der Waals surface area contributed by atoms with Crippen LogP contribution in [0, 0.1) is 0 Å². The zero-order chi connectivity index (χ0) is 31.3. The van der Waals surface area contributed by atoms with Gasteiger partial charge in [-0.25, -0.2) is 4.79 Å². The minimum absolute atomic E-state index is 0.104. The lowest BCUT2D eigenvalue weighted by molar-refractivity contribution is -0.115. The molecular weight excluding hydrogens is 595 g/mol. The Hall–Kier alpha value is -4.67. The first-order valence-electron chi connectivity index (χ1n) is 14.1. The first-order chi connectivity index (χ1) is 21.3. The lowest BCUT2D eigenvalue weighted by atomic mass is 10.2. The summed E-state index contributed by atoms with van der Waals surface area (Å²) < 4.78 is 5.22. The molecule has 226 valence electrons. The standard InChI is InChI=1S/C34H33N3O5S2/c1-3-4-19-42-34(41)25-15-17-26(18-16-25)35-31(38)23(2)44-29-13-8-12-27(21-29)36-33(40)30(22-28-14-9-20-43-28)37-32(39)24-10-6-5-7-11-24/h5-18,20-23H,3-4,19H2,1-2H3,(H,35,38)(H,36,40)(H,37,39)/b30-22-. The quantitative estimate of drug-likeness (QED) is 0.0624. The molecule has 44 heavy (non-hydrogen) atoms. The second kappa shape index (κ2) is 16.3. The van der Waals surface area contributed by atoms with Crippen molar-refractivity contribution in [3.63, 3.8) is 0 Å². The van der Waals surface area contributed by atoms with Crippen LogP contribution in [0.1, 0.15) is 52.3 Å². The van der Waals surface area contributed by atoms with E-state index in [1.807, 2.05) is 36.6 Å². The monoisotopic (exact) mass is 627 g/mol. The maximum atomic E-state index is 13.3. The van der Waals surface area contributed by atoms with Crippen LogP contribution in [0.15, 0.2) is 107 Å². The topological polar surface area (TPSA) is 114 Å². The molecule has 4 rings (SSSR count). The second-order valence-corrected chi connectivity index (χ2v) is 12.1. The normalized spacial score (nSPS) is 11.7. The molecular formula is C34H33N3O5S2. The van der Waals surface area contributed by atoms with Gasteiger partial charge in [0.05, 0.1) is 17.4 Å². The molecule has 0 aliphatic heterocycles. The molecule has 10 heteroatoms. The third kappa shape index (κ3) is 9.68. The van der Waals surface area contributed by atoms with Gasteiger partial charge < -0.3 is 20.7 Å². The average Bonchev–Trinajstić information content (AvgIpc) is 3.55. The van der Waals surface area contributed by atoms with Gasteiger partial charge in [0.2, 0.25) is 5.91 Å². The molecule has 1 atom stereocenters. The predicted octanol–water partition coefficient (Wildman–Crippen LogP) is 7.23. The Morgan fingerprint density at radius 3 is 2.34 bits per heavy atom. The summed E-state index contributed by atoms with van der Waals surface area (Å²) in [4.78, 5) is 52.7. The van der Waals surface area contributed by atoms with Gasteiger partial charge in [-0.05, 0) is 85.5 Å². The molecule has 0 spiro atoms. The number of ether oxygens (including phenoxy) is 1. The Kier molecular flexibility index (Phi) is 11.9. The second-order valence-electron chi connectivity index (χ2n) is 9.69. The Morgan fingerprint density at radius 1 is 0.864 bits per heavy atom. The summed E-state index contributed by atoms with van der Waals surface area (Å²) in [5, 5.41) is 9.88. The maximum Gasteiger partial charge on any atom is 0.338 e. The molecule has 0 aliphatic carbocycles. The van der Waals surface area contributed by atoms with E-state index in [0.717, 1.165) is 22.6 Å². The Morgan fingerprint density at radius 2 is 1.64 bits per heavy atom. The van der Waals surface area contributed by atoms with E-state index in [1.54, 1.807) is 79.7 Å². The summed E-state index contributed by atoms with van der Waals surface area (Å²) in [5.41, 5.74) is 2.04. The molecule has 8 nitrogen and oxygen atoms in total. The molecule has 4 aromatic rings. The minimum Gasteiger partial charge on any atom is -0.462 e. The van der Waals surface area contributed by atoms with Crippen molar-refractivity contribution in [1.82, 2.24) is 5.32 Å². The predicted molar refractivity (Wildman–Crippen MR) is 177 cm³/mol. The number of thiophene rings is 1. The van der Waals surface area contributed by atoms with Crippen molar-refractivity contribution in [2.45, 2.75) is 36.8 Å². The van der Waals surface area contributed by atoms with Gasteiger partial charge in [0.25, 0.3) is 11.8 Å². The van der Waals surface area contributed by atoms with Gasteiger partial charge >= 0.3 is 5.97 Å². The lowest BCUT2D eigenvalue weighted by Gasteiger charge is -2.14. The zero-order valence-electron chi connectivity index (χ0n) is 24.4. The van der Waals surface area contributed by atoms with E-state index in [1.165, 1.54) is 23.1 Å². The fourth-order valence-corrected chi connectivity index (χ4v) is 5.47. The number of hydrogen-bond donors (Lipinski definition) is 3. The number of amides is 3. The zero-order valence-corrected chi connectivity index (χ0v) is 26.0. The van der Waals surface area contributed by atoms with Crippen LogP contribution in [0.2, 0.25) is 0 Å². The van der Waals surface area contributed by atoms with Gasteiger partial charge in [-0.2, -0.15) is 0 Å². The van der Waals surface area contributed by atoms with Crippen LogP contribution in [-0.4, -0.2) is 35.5 Å². The van der Waals surface area contributed by atoms with E-state index in [4.69, 9.17) is 4.74 Å². The Labute approximate surface area is 264 Å². The highest BCUT2D eigenvalue weighted by molar-refractivity contribution is 8.00.